The average molecular weight is 434 g/mol. The zero-order valence-corrected chi connectivity index (χ0v) is 16.1. The minimum Gasteiger partial charge on any atom is -0.457 e. The van der Waals surface area contributed by atoms with E-state index in [1.165, 1.54) is 24.3 Å². The number of halogens is 4. The summed E-state index contributed by atoms with van der Waals surface area (Å²) in [6.45, 7) is -0.563. The minimum absolute atomic E-state index is 0.227. The van der Waals surface area contributed by atoms with Gasteiger partial charge in [0, 0.05) is 16.1 Å². The van der Waals surface area contributed by atoms with Crippen LogP contribution in [0.25, 0.3) is 0 Å². The van der Waals surface area contributed by atoms with Crippen LogP contribution in [0.1, 0.15) is 26.3 Å². The fourth-order valence-corrected chi connectivity index (χ4v) is 2.85. The van der Waals surface area contributed by atoms with E-state index in [9.17, 15) is 22.8 Å². The second-order valence-electron chi connectivity index (χ2n) is 6.23. The highest BCUT2D eigenvalue weighted by atomic mass is 35.5. The summed E-state index contributed by atoms with van der Waals surface area (Å²) in [6, 6.07) is 17.3. The summed E-state index contributed by atoms with van der Waals surface area (Å²) in [5, 5.41) is 2.85. The maximum Gasteiger partial charge on any atom is 0.417 e. The van der Waals surface area contributed by atoms with Crippen LogP contribution in [-0.2, 0) is 6.18 Å². The molecule has 0 saturated heterocycles. The predicted octanol–water partition coefficient (Wildman–Crippen LogP) is 5.76. The van der Waals surface area contributed by atoms with Crippen LogP contribution >= 0.6 is 11.6 Å². The molecule has 3 aromatic carbocycles. The molecule has 0 bridgehead atoms. The van der Waals surface area contributed by atoms with Gasteiger partial charge in [0.25, 0.3) is 5.91 Å². The van der Waals surface area contributed by atoms with Crippen molar-refractivity contribution in [1.29, 1.82) is 0 Å². The highest BCUT2D eigenvalue weighted by molar-refractivity contribution is 6.30. The van der Waals surface area contributed by atoms with Crippen LogP contribution in [0, 0.1) is 0 Å². The number of ketones is 1. The van der Waals surface area contributed by atoms with Crippen LogP contribution in [0.15, 0.2) is 72.8 Å². The summed E-state index contributed by atoms with van der Waals surface area (Å²) in [5.74, 6) is -0.447. The van der Waals surface area contributed by atoms with Gasteiger partial charge in [0.15, 0.2) is 5.78 Å². The van der Waals surface area contributed by atoms with Gasteiger partial charge in [-0.15, -0.1) is 0 Å². The van der Waals surface area contributed by atoms with Crippen molar-refractivity contribution >= 4 is 23.3 Å². The normalized spacial score (nSPS) is 11.1. The quantitative estimate of drug-likeness (QED) is 0.502. The Morgan fingerprint density at radius 2 is 1.60 bits per heavy atom. The number of nitrogens with one attached hydrogen (secondary N) is 1. The van der Waals surface area contributed by atoms with Crippen molar-refractivity contribution in [2.24, 2.45) is 0 Å². The molecule has 1 N–H and O–H groups in total. The fraction of sp³-hybridized carbons (Fsp3) is 0.0909. The van der Waals surface area contributed by atoms with Crippen LogP contribution in [0.4, 0.5) is 13.2 Å². The molecular formula is C22H15ClF3NO3. The molecule has 0 aromatic heterocycles. The van der Waals surface area contributed by atoms with Crippen LogP contribution in [-0.4, -0.2) is 18.2 Å². The van der Waals surface area contributed by atoms with Crippen LogP contribution < -0.4 is 10.1 Å². The van der Waals surface area contributed by atoms with Gasteiger partial charge in [-0.1, -0.05) is 35.9 Å². The largest absolute Gasteiger partial charge is 0.457 e. The molecular weight excluding hydrogens is 419 g/mol. The van der Waals surface area contributed by atoms with Gasteiger partial charge in [0.2, 0.25) is 0 Å². The summed E-state index contributed by atoms with van der Waals surface area (Å²) < 4.78 is 44.7. The molecule has 0 fully saturated rings. The third-order valence-electron chi connectivity index (χ3n) is 4.09. The van der Waals surface area contributed by atoms with Crippen molar-refractivity contribution in [2.75, 3.05) is 6.54 Å². The van der Waals surface area contributed by atoms with Gasteiger partial charge in [-0.25, -0.2) is 0 Å². The first-order chi connectivity index (χ1) is 14.2. The molecule has 0 aliphatic carbocycles. The Morgan fingerprint density at radius 3 is 2.27 bits per heavy atom. The fourth-order valence-electron chi connectivity index (χ4n) is 2.67. The smallest absolute Gasteiger partial charge is 0.417 e. The Hall–Kier alpha value is -3.32. The first-order valence-corrected chi connectivity index (χ1v) is 9.13. The number of hydrogen-bond acceptors (Lipinski definition) is 3. The van der Waals surface area contributed by atoms with Crippen molar-refractivity contribution in [2.45, 2.75) is 6.18 Å². The molecule has 1 amide bonds. The SMILES string of the molecule is O=C(NCC(=O)c1ccccc1C(F)(F)F)c1ccc(Oc2cccc(Cl)c2)cc1. The van der Waals surface area contributed by atoms with Gasteiger partial charge in [-0.05, 0) is 48.5 Å². The van der Waals surface area contributed by atoms with Crippen LogP contribution in [0.2, 0.25) is 5.02 Å². The Morgan fingerprint density at radius 1 is 0.900 bits per heavy atom. The topological polar surface area (TPSA) is 55.4 Å². The highest BCUT2D eigenvalue weighted by Crippen LogP contribution is 2.32. The lowest BCUT2D eigenvalue weighted by Crippen LogP contribution is -2.30. The maximum absolute atomic E-state index is 13.0. The number of rotatable bonds is 6. The first kappa shape index (κ1) is 21.4. The average Bonchev–Trinajstić information content (AvgIpc) is 2.72. The maximum atomic E-state index is 13.0. The van der Waals surface area contributed by atoms with Gasteiger partial charge in [-0.2, -0.15) is 13.2 Å². The molecule has 0 radical (unpaired) electrons. The van der Waals surface area contributed by atoms with Gasteiger partial charge in [-0.3, -0.25) is 9.59 Å². The van der Waals surface area contributed by atoms with Crippen molar-refractivity contribution < 1.29 is 27.5 Å². The zero-order chi connectivity index (χ0) is 21.7. The van der Waals surface area contributed by atoms with Crippen molar-refractivity contribution in [3.63, 3.8) is 0 Å². The first-order valence-electron chi connectivity index (χ1n) is 8.75. The van der Waals surface area contributed by atoms with Gasteiger partial charge >= 0.3 is 6.18 Å². The summed E-state index contributed by atoms with van der Waals surface area (Å²) in [6.07, 6.45) is -4.66. The Labute approximate surface area is 175 Å². The molecule has 0 atom stereocenters. The van der Waals surface area contributed by atoms with Gasteiger partial charge in [0.05, 0.1) is 12.1 Å². The summed E-state index contributed by atoms with van der Waals surface area (Å²) in [7, 11) is 0. The number of Topliss-reactive ketones (excluding diaryl/α,β-unsaturated/α-hetero) is 1. The molecule has 3 rings (SSSR count). The van der Waals surface area contributed by atoms with E-state index in [2.05, 4.69) is 5.32 Å². The van der Waals surface area contributed by atoms with Gasteiger partial charge in [0.1, 0.15) is 11.5 Å². The van der Waals surface area contributed by atoms with E-state index in [1.807, 2.05) is 0 Å². The van der Waals surface area contributed by atoms with E-state index in [0.717, 1.165) is 12.1 Å². The zero-order valence-electron chi connectivity index (χ0n) is 15.4. The molecule has 0 spiro atoms. The second kappa shape index (κ2) is 9.00. The number of ether oxygens (including phenoxy) is 1. The van der Waals surface area contributed by atoms with Crippen molar-refractivity contribution in [3.8, 4) is 11.5 Å². The second-order valence-corrected chi connectivity index (χ2v) is 6.67. The highest BCUT2D eigenvalue weighted by Gasteiger charge is 2.34. The lowest BCUT2D eigenvalue weighted by molar-refractivity contribution is -0.137. The Balaban J connectivity index is 1.62. The lowest BCUT2D eigenvalue weighted by atomic mass is 10.0. The number of carbonyl (C=O) groups excluding carboxylic acids is 2. The molecule has 3 aromatic rings. The monoisotopic (exact) mass is 433 g/mol. The molecule has 30 heavy (non-hydrogen) atoms. The summed E-state index contributed by atoms with van der Waals surface area (Å²) in [4.78, 5) is 24.4. The molecule has 154 valence electrons. The molecule has 8 heteroatoms. The van der Waals surface area contributed by atoms with E-state index in [0.29, 0.717) is 16.5 Å². The number of amides is 1. The third-order valence-corrected chi connectivity index (χ3v) is 4.33. The molecule has 0 aliphatic heterocycles. The van der Waals surface area contributed by atoms with Gasteiger partial charge < -0.3 is 10.1 Å². The molecule has 4 nitrogen and oxygen atoms in total. The van der Waals surface area contributed by atoms with E-state index < -0.39 is 35.5 Å². The van der Waals surface area contributed by atoms with E-state index in [4.69, 9.17) is 16.3 Å². The standard InChI is InChI=1S/C22H15ClF3NO3/c23-15-4-3-5-17(12-15)30-16-10-8-14(9-11-16)21(29)27-13-20(28)18-6-1-2-7-19(18)22(24,25)26/h1-12H,13H2,(H,27,29). The van der Waals surface area contributed by atoms with E-state index in [-0.39, 0.29) is 5.56 Å². The van der Waals surface area contributed by atoms with Crippen LogP contribution in [0.3, 0.4) is 0 Å². The lowest BCUT2D eigenvalue weighted by Gasteiger charge is -2.12. The minimum atomic E-state index is -4.66. The van der Waals surface area contributed by atoms with Crippen molar-refractivity contribution in [1.82, 2.24) is 5.32 Å². The number of alkyl halides is 3. The Kier molecular flexibility index (Phi) is 6.42. The molecule has 0 aliphatic rings. The summed E-state index contributed by atoms with van der Waals surface area (Å²) in [5.41, 5.74) is -1.30. The van der Waals surface area contributed by atoms with E-state index in [1.54, 1.807) is 36.4 Å². The van der Waals surface area contributed by atoms with Crippen molar-refractivity contribution in [3.05, 3.63) is 94.5 Å². The predicted molar refractivity (Wildman–Crippen MR) is 106 cm³/mol. The van der Waals surface area contributed by atoms with E-state index >= 15 is 0 Å². The number of carbonyl (C=O) groups is 2. The molecule has 0 saturated carbocycles. The summed E-state index contributed by atoms with van der Waals surface area (Å²) >= 11 is 5.89. The molecule has 0 unspecified atom stereocenters. The van der Waals surface area contributed by atoms with Crippen LogP contribution in [0.5, 0.6) is 11.5 Å². The third kappa shape index (κ3) is 5.39. The number of hydrogen-bond donors (Lipinski definition) is 1. The molecule has 0 heterocycles. The number of benzene rings is 3. The Bertz CT molecular complexity index is 1070.